The predicted octanol–water partition coefficient (Wildman–Crippen LogP) is 2.34. The van der Waals surface area contributed by atoms with Crippen LogP contribution in [0.3, 0.4) is 0 Å². The summed E-state index contributed by atoms with van der Waals surface area (Å²) in [5.41, 5.74) is 0.845. The Morgan fingerprint density at radius 1 is 1.33 bits per heavy atom. The van der Waals surface area contributed by atoms with Crippen molar-refractivity contribution in [3.63, 3.8) is 0 Å². The first kappa shape index (κ1) is 15.9. The molecular formula is C15H17NO3S2. The first-order valence-electron chi connectivity index (χ1n) is 6.51. The summed E-state index contributed by atoms with van der Waals surface area (Å²) >= 11 is 3.07. The van der Waals surface area contributed by atoms with Crippen LogP contribution in [0.25, 0.3) is 6.08 Å². The lowest BCUT2D eigenvalue weighted by atomic mass is 10.3. The van der Waals surface area contributed by atoms with Crippen LogP contribution in [0.15, 0.2) is 35.0 Å². The molecule has 21 heavy (non-hydrogen) atoms. The molecule has 2 rings (SSSR count). The average molecular weight is 323 g/mol. The topological polar surface area (TPSA) is 60.8 Å². The highest BCUT2D eigenvalue weighted by molar-refractivity contribution is 7.11. The molecule has 2 heterocycles. The number of carbonyl (C=O) groups is 1. The fourth-order valence-corrected chi connectivity index (χ4v) is 3.32. The maximum atomic E-state index is 12.2. The summed E-state index contributed by atoms with van der Waals surface area (Å²) in [7, 11) is 0. The van der Waals surface area contributed by atoms with Gasteiger partial charge in [0.05, 0.1) is 19.8 Å². The van der Waals surface area contributed by atoms with Gasteiger partial charge < -0.3 is 15.1 Å². The van der Waals surface area contributed by atoms with Crippen molar-refractivity contribution in [3.8, 4) is 0 Å². The second kappa shape index (κ2) is 8.09. The summed E-state index contributed by atoms with van der Waals surface area (Å²) in [4.78, 5) is 15.8. The van der Waals surface area contributed by atoms with Gasteiger partial charge in [0.1, 0.15) is 0 Å². The van der Waals surface area contributed by atoms with Gasteiger partial charge in [-0.15, -0.1) is 22.7 Å². The molecule has 0 saturated heterocycles. The van der Waals surface area contributed by atoms with Gasteiger partial charge in [0, 0.05) is 22.4 Å². The molecule has 0 bridgehead atoms. The zero-order valence-corrected chi connectivity index (χ0v) is 13.1. The monoisotopic (exact) mass is 323 g/mol. The van der Waals surface area contributed by atoms with Crippen LogP contribution in [-0.4, -0.2) is 34.2 Å². The summed E-state index contributed by atoms with van der Waals surface area (Å²) in [6.45, 7) is 0.771. The van der Waals surface area contributed by atoms with Gasteiger partial charge in [-0.2, -0.15) is 0 Å². The van der Waals surface area contributed by atoms with Gasteiger partial charge in [0.25, 0.3) is 0 Å². The third kappa shape index (κ3) is 4.78. The van der Waals surface area contributed by atoms with E-state index in [-0.39, 0.29) is 19.1 Å². The molecule has 0 aliphatic carbocycles. The Morgan fingerprint density at radius 3 is 2.81 bits per heavy atom. The fourth-order valence-electron chi connectivity index (χ4n) is 1.80. The minimum absolute atomic E-state index is 0.00724. The molecule has 0 aliphatic heterocycles. The van der Waals surface area contributed by atoms with Crippen molar-refractivity contribution >= 4 is 34.7 Å². The molecule has 0 saturated carbocycles. The third-order valence-corrected chi connectivity index (χ3v) is 4.66. The van der Waals surface area contributed by atoms with E-state index in [0.29, 0.717) is 13.1 Å². The maximum Gasteiger partial charge on any atom is 0.247 e. The van der Waals surface area contributed by atoms with Gasteiger partial charge in [0.15, 0.2) is 0 Å². The van der Waals surface area contributed by atoms with Crippen LogP contribution in [0.1, 0.15) is 15.3 Å². The Morgan fingerprint density at radius 2 is 2.19 bits per heavy atom. The van der Waals surface area contributed by atoms with E-state index >= 15 is 0 Å². The Kier molecular flexibility index (Phi) is 6.13. The number of rotatable bonds is 7. The van der Waals surface area contributed by atoms with Crippen molar-refractivity contribution in [3.05, 3.63) is 50.4 Å². The van der Waals surface area contributed by atoms with Gasteiger partial charge in [0.2, 0.25) is 5.91 Å². The fraction of sp³-hybridized carbons (Fsp3) is 0.267. The molecule has 0 radical (unpaired) electrons. The minimum atomic E-state index is -0.128. The number of hydrogen-bond acceptors (Lipinski definition) is 5. The average Bonchev–Trinajstić information content (AvgIpc) is 3.15. The quantitative estimate of drug-likeness (QED) is 0.769. The van der Waals surface area contributed by atoms with Crippen LogP contribution in [0.5, 0.6) is 0 Å². The lowest BCUT2D eigenvalue weighted by molar-refractivity contribution is -0.127. The molecule has 0 aliphatic rings. The van der Waals surface area contributed by atoms with Crippen LogP contribution >= 0.6 is 22.7 Å². The van der Waals surface area contributed by atoms with E-state index < -0.39 is 0 Å². The van der Waals surface area contributed by atoms with E-state index in [1.54, 1.807) is 22.3 Å². The second-order valence-corrected chi connectivity index (χ2v) is 6.39. The van der Waals surface area contributed by atoms with Crippen LogP contribution in [0.2, 0.25) is 0 Å². The molecule has 0 atom stereocenters. The van der Waals surface area contributed by atoms with Gasteiger partial charge >= 0.3 is 0 Å². The van der Waals surface area contributed by atoms with Crippen LogP contribution in [0, 0.1) is 0 Å². The largest absolute Gasteiger partial charge is 0.395 e. The van der Waals surface area contributed by atoms with Crippen molar-refractivity contribution in [2.24, 2.45) is 0 Å². The summed E-state index contributed by atoms with van der Waals surface area (Å²) in [5, 5.41) is 21.9. The molecule has 2 N–H and O–H groups in total. The van der Waals surface area contributed by atoms with Gasteiger partial charge in [-0.25, -0.2) is 0 Å². The van der Waals surface area contributed by atoms with Gasteiger partial charge in [-0.05, 0) is 34.5 Å². The molecular weight excluding hydrogens is 306 g/mol. The van der Waals surface area contributed by atoms with E-state index in [9.17, 15) is 4.79 Å². The molecule has 0 fully saturated rings. The molecule has 1 amide bonds. The summed E-state index contributed by atoms with van der Waals surface area (Å²) < 4.78 is 0. The third-order valence-electron chi connectivity index (χ3n) is 2.86. The number of aliphatic hydroxyl groups excluding tert-OH is 2. The molecule has 2 aromatic heterocycles. The first-order chi connectivity index (χ1) is 10.2. The Balaban J connectivity index is 2.00. The first-order valence-corrected chi connectivity index (χ1v) is 8.27. The zero-order chi connectivity index (χ0) is 15.1. The predicted molar refractivity (Wildman–Crippen MR) is 86.1 cm³/mol. The van der Waals surface area contributed by atoms with Crippen LogP contribution in [0.4, 0.5) is 0 Å². The Labute approximate surface area is 131 Å². The molecule has 0 unspecified atom stereocenters. The number of carbonyl (C=O) groups excluding carboxylic acids is 1. The highest BCUT2D eigenvalue weighted by Gasteiger charge is 2.11. The molecule has 2 aromatic rings. The van der Waals surface area contributed by atoms with Gasteiger partial charge in [-0.1, -0.05) is 6.07 Å². The molecule has 0 spiro atoms. The van der Waals surface area contributed by atoms with Crippen molar-refractivity contribution in [1.82, 2.24) is 4.90 Å². The summed E-state index contributed by atoms with van der Waals surface area (Å²) in [6, 6.07) is 5.77. The molecule has 0 aromatic carbocycles. The number of aliphatic hydroxyl groups is 2. The van der Waals surface area contributed by atoms with E-state index in [0.717, 1.165) is 15.3 Å². The normalized spacial score (nSPS) is 11.1. The Bertz CT molecular complexity index is 590. The molecule has 4 nitrogen and oxygen atoms in total. The maximum absolute atomic E-state index is 12.2. The standard InChI is InChI=1S/C15H17NO3S2/c17-6-5-16(9-14-2-1-7-20-14)15(19)4-3-13-8-12(10-18)11-21-13/h1-4,7-8,11,17-18H,5-6,9-10H2. The number of thiophene rings is 2. The van der Waals surface area contributed by atoms with E-state index in [1.165, 1.54) is 17.4 Å². The lowest BCUT2D eigenvalue weighted by Crippen LogP contribution is -2.31. The summed E-state index contributed by atoms with van der Waals surface area (Å²) in [6.07, 6.45) is 3.25. The number of hydrogen-bond donors (Lipinski definition) is 2. The second-order valence-electron chi connectivity index (χ2n) is 4.41. The van der Waals surface area contributed by atoms with Crippen molar-refractivity contribution in [1.29, 1.82) is 0 Å². The number of amides is 1. The number of nitrogens with zero attached hydrogens (tertiary/aromatic N) is 1. The van der Waals surface area contributed by atoms with E-state index in [4.69, 9.17) is 10.2 Å². The van der Waals surface area contributed by atoms with Crippen molar-refractivity contribution in [2.75, 3.05) is 13.2 Å². The van der Waals surface area contributed by atoms with Crippen LogP contribution in [-0.2, 0) is 17.9 Å². The van der Waals surface area contributed by atoms with E-state index in [1.807, 2.05) is 29.0 Å². The van der Waals surface area contributed by atoms with Crippen LogP contribution < -0.4 is 0 Å². The minimum Gasteiger partial charge on any atom is -0.395 e. The zero-order valence-electron chi connectivity index (χ0n) is 11.4. The highest BCUT2D eigenvalue weighted by Crippen LogP contribution is 2.17. The highest BCUT2D eigenvalue weighted by atomic mass is 32.1. The van der Waals surface area contributed by atoms with Gasteiger partial charge in [-0.3, -0.25) is 4.79 Å². The Hall–Kier alpha value is -1.47. The smallest absolute Gasteiger partial charge is 0.247 e. The SMILES string of the molecule is O=C(C=Cc1cc(CO)cs1)N(CCO)Cc1cccs1. The van der Waals surface area contributed by atoms with E-state index in [2.05, 4.69) is 0 Å². The van der Waals surface area contributed by atoms with Crippen molar-refractivity contribution < 1.29 is 15.0 Å². The van der Waals surface area contributed by atoms with Crippen molar-refractivity contribution in [2.45, 2.75) is 13.2 Å². The summed E-state index contributed by atoms with van der Waals surface area (Å²) in [5.74, 6) is -0.128. The molecule has 112 valence electrons. The molecule has 6 heteroatoms. The lowest BCUT2D eigenvalue weighted by Gasteiger charge is -2.19.